The smallest absolute Gasteiger partial charge is 0.160 e. The van der Waals surface area contributed by atoms with Gasteiger partial charge in [0.2, 0.25) is 0 Å². The summed E-state index contributed by atoms with van der Waals surface area (Å²) in [6, 6.07) is 5.37. The summed E-state index contributed by atoms with van der Waals surface area (Å²) in [6.45, 7) is 1.78. The maximum absolute atomic E-state index is 10.3. The molecule has 1 atom stereocenters. The third-order valence-electron chi connectivity index (χ3n) is 2.16. The first-order valence-corrected chi connectivity index (χ1v) is 4.74. The van der Waals surface area contributed by atoms with E-state index in [0.717, 1.165) is 5.56 Å². The summed E-state index contributed by atoms with van der Waals surface area (Å²) in [4.78, 5) is 10.3. The molecule has 0 amide bonds. The van der Waals surface area contributed by atoms with E-state index in [1.807, 2.05) is 18.2 Å². The third kappa shape index (κ3) is 2.94. The molecule has 1 unspecified atom stereocenters. The van der Waals surface area contributed by atoms with Crippen molar-refractivity contribution >= 4 is 0 Å². The molecule has 4 nitrogen and oxygen atoms in total. The number of methoxy groups -OCH3 is 2. The number of nitrogens with zero attached hydrogens (tertiary/aromatic N) is 1. The molecule has 1 rings (SSSR count). The van der Waals surface area contributed by atoms with Gasteiger partial charge in [0.05, 0.1) is 20.3 Å². The van der Waals surface area contributed by atoms with Gasteiger partial charge in [0.1, 0.15) is 0 Å². The van der Waals surface area contributed by atoms with Crippen molar-refractivity contribution in [2.75, 3.05) is 14.2 Å². The van der Waals surface area contributed by atoms with Crippen LogP contribution >= 0.6 is 0 Å². The molecule has 4 heteroatoms. The summed E-state index contributed by atoms with van der Waals surface area (Å²) in [6.07, 6.45) is 0.615. The van der Waals surface area contributed by atoms with Crippen LogP contribution in [0.15, 0.2) is 23.4 Å². The maximum atomic E-state index is 10.3. The second-order valence-corrected chi connectivity index (χ2v) is 3.35. The van der Waals surface area contributed by atoms with E-state index in [9.17, 15) is 4.91 Å². The Balaban J connectivity index is 2.87. The zero-order chi connectivity index (χ0) is 11.3. The Kier molecular flexibility index (Phi) is 4.09. The van der Waals surface area contributed by atoms with Crippen molar-refractivity contribution in [3.63, 3.8) is 0 Å². The third-order valence-corrected chi connectivity index (χ3v) is 2.16. The molecule has 0 aliphatic heterocycles. The minimum absolute atomic E-state index is 0.219. The van der Waals surface area contributed by atoms with E-state index in [-0.39, 0.29) is 6.04 Å². The van der Waals surface area contributed by atoms with Crippen LogP contribution in [0.2, 0.25) is 0 Å². The van der Waals surface area contributed by atoms with E-state index in [0.29, 0.717) is 17.9 Å². The lowest BCUT2D eigenvalue weighted by Gasteiger charge is -2.09. The van der Waals surface area contributed by atoms with Gasteiger partial charge in [-0.1, -0.05) is 11.2 Å². The highest BCUT2D eigenvalue weighted by atomic mass is 16.5. The van der Waals surface area contributed by atoms with E-state index in [2.05, 4.69) is 5.18 Å². The van der Waals surface area contributed by atoms with Gasteiger partial charge in [0.25, 0.3) is 0 Å². The summed E-state index contributed by atoms with van der Waals surface area (Å²) in [5.41, 5.74) is 1.01. The fourth-order valence-electron chi connectivity index (χ4n) is 1.39. The lowest BCUT2D eigenvalue weighted by molar-refractivity contribution is 0.354. The van der Waals surface area contributed by atoms with Gasteiger partial charge < -0.3 is 9.47 Å². The van der Waals surface area contributed by atoms with Crippen LogP contribution in [0, 0.1) is 4.91 Å². The van der Waals surface area contributed by atoms with Gasteiger partial charge in [-0.3, -0.25) is 0 Å². The summed E-state index contributed by atoms with van der Waals surface area (Å²) < 4.78 is 10.3. The fraction of sp³-hybridized carbons (Fsp3) is 0.455. The topological polar surface area (TPSA) is 47.9 Å². The number of nitroso groups, excluding NO2 is 1. The number of ether oxygens (including phenoxy) is 2. The summed E-state index contributed by atoms with van der Waals surface area (Å²) >= 11 is 0. The summed E-state index contributed by atoms with van der Waals surface area (Å²) in [5.74, 6) is 1.36. The minimum atomic E-state index is -0.219. The van der Waals surface area contributed by atoms with E-state index in [4.69, 9.17) is 9.47 Å². The zero-order valence-electron chi connectivity index (χ0n) is 9.19. The largest absolute Gasteiger partial charge is 0.493 e. The lowest BCUT2D eigenvalue weighted by atomic mass is 10.1. The molecule has 0 saturated heterocycles. The van der Waals surface area contributed by atoms with Gasteiger partial charge in [-0.2, -0.15) is 4.91 Å². The predicted molar refractivity (Wildman–Crippen MR) is 58.5 cm³/mol. The number of hydrogen-bond donors (Lipinski definition) is 0. The van der Waals surface area contributed by atoms with E-state index < -0.39 is 0 Å². The minimum Gasteiger partial charge on any atom is -0.493 e. The molecule has 82 valence electrons. The quantitative estimate of drug-likeness (QED) is 0.699. The molecule has 0 heterocycles. The standard InChI is InChI=1S/C11H15NO3/c1-8(12-13)6-9-4-5-10(14-2)11(7-9)15-3/h4-5,7-8H,6H2,1-3H3. The van der Waals surface area contributed by atoms with Crippen LogP contribution in [0.4, 0.5) is 0 Å². The van der Waals surface area contributed by atoms with Crippen molar-refractivity contribution in [2.45, 2.75) is 19.4 Å². The highest BCUT2D eigenvalue weighted by Crippen LogP contribution is 2.28. The Hall–Kier alpha value is -1.58. The predicted octanol–water partition coefficient (Wildman–Crippen LogP) is 2.40. The average molecular weight is 209 g/mol. The molecule has 0 bridgehead atoms. The van der Waals surface area contributed by atoms with Crippen LogP contribution in [-0.4, -0.2) is 20.3 Å². The summed E-state index contributed by atoms with van der Waals surface area (Å²) in [7, 11) is 3.18. The SMILES string of the molecule is COc1ccc(CC(C)N=O)cc1OC. The Morgan fingerprint density at radius 2 is 1.93 bits per heavy atom. The van der Waals surface area contributed by atoms with Crippen molar-refractivity contribution in [1.82, 2.24) is 0 Å². The van der Waals surface area contributed by atoms with Crippen molar-refractivity contribution in [3.05, 3.63) is 28.7 Å². The second-order valence-electron chi connectivity index (χ2n) is 3.35. The van der Waals surface area contributed by atoms with Crippen molar-refractivity contribution in [3.8, 4) is 11.5 Å². The van der Waals surface area contributed by atoms with Crippen LogP contribution in [0.5, 0.6) is 11.5 Å². The summed E-state index contributed by atoms with van der Waals surface area (Å²) in [5, 5.41) is 2.96. The lowest BCUT2D eigenvalue weighted by Crippen LogP contribution is -2.02. The van der Waals surface area contributed by atoms with Gasteiger partial charge >= 0.3 is 0 Å². The number of rotatable bonds is 5. The fourth-order valence-corrected chi connectivity index (χ4v) is 1.39. The van der Waals surface area contributed by atoms with Crippen molar-refractivity contribution in [2.24, 2.45) is 5.18 Å². The van der Waals surface area contributed by atoms with Gasteiger partial charge in [-0.25, -0.2) is 0 Å². The van der Waals surface area contributed by atoms with E-state index in [1.54, 1.807) is 21.1 Å². The highest BCUT2D eigenvalue weighted by Gasteiger charge is 2.07. The first-order chi connectivity index (χ1) is 7.21. The molecule has 0 aliphatic rings. The molecule has 1 aromatic carbocycles. The first-order valence-electron chi connectivity index (χ1n) is 4.74. The van der Waals surface area contributed by atoms with Gasteiger partial charge in [0, 0.05) is 0 Å². The molecular weight excluding hydrogens is 194 g/mol. The molecule has 0 fully saturated rings. The van der Waals surface area contributed by atoms with Crippen LogP contribution in [0.1, 0.15) is 12.5 Å². The molecule has 0 saturated carbocycles. The molecule has 0 aliphatic carbocycles. The Labute approximate surface area is 89.2 Å². The number of benzene rings is 1. The molecule has 0 aromatic heterocycles. The van der Waals surface area contributed by atoms with Crippen molar-refractivity contribution in [1.29, 1.82) is 0 Å². The van der Waals surface area contributed by atoms with Crippen LogP contribution in [0.25, 0.3) is 0 Å². The first kappa shape index (κ1) is 11.5. The van der Waals surface area contributed by atoms with Crippen molar-refractivity contribution < 1.29 is 9.47 Å². The monoisotopic (exact) mass is 209 g/mol. The van der Waals surface area contributed by atoms with Crippen LogP contribution in [0.3, 0.4) is 0 Å². The van der Waals surface area contributed by atoms with Crippen LogP contribution < -0.4 is 9.47 Å². The van der Waals surface area contributed by atoms with Gasteiger partial charge in [-0.05, 0) is 31.0 Å². The number of hydrogen-bond acceptors (Lipinski definition) is 4. The van der Waals surface area contributed by atoms with Gasteiger partial charge in [-0.15, -0.1) is 0 Å². The second kappa shape index (κ2) is 5.34. The van der Waals surface area contributed by atoms with E-state index >= 15 is 0 Å². The normalized spacial score (nSPS) is 11.9. The molecule has 0 radical (unpaired) electrons. The highest BCUT2D eigenvalue weighted by molar-refractivity contribution is 5.43. The van der Waals surface area contributed by atoms with Crippen LogP contribution in [-0.2, 0) is 6.42 Å². The Morgan fingerprint density at radius 3 is 2.47 bits per heavy atom. The Morgan fingerprint density at radius 1 is 1.27 bits per heavy atom. The average Bonchev–Trinajstić information content (AvgIpc) is 2.28. The molecule has 1 aromatic rings. The zero-order valence-corrected chi connectivity index (χ0v) is 9.19. The molecule has 15 heavy (non-hydrogen) atoms. The van der Waals surface area contributed by atoms with E-state index in [1.165, 1.54) is 0 Å². The molecular formula is C11H15NO3. The molecule has 0 spiro atoms. The Bertz CT molecular complexity index is 339. The van der Waals surface area contributed by atoms with Gasteiger partial charge in [0.15, 0.2) is 11.5 Å². The molecule has 0 N–H and O–H groups in total. The maximum Gasteiger partial charge on any atom is 0.160 e.